The van der Waals surface area contributed by atoms with Gasteiger partial charge in [0.25, 0.3) is 11.5 Å². The van der Waals surface area contributed by atoms with Gasteiger partial charge in [0.1, 0.15) is 16.8 Å². The van der Waals surface area contributed by atoms with Crippen LogP contribution in [0.15, 0.2) is 29.2 Å². The maximum atomic E-state index is 13.3. The molecule has 0 saturated heterocycles. The quantitative estimate of drug-likeness (QED) is 0.515. The highest BCUT2D eigenvalue weighted by Crippen LogP contribution is 2.30. The predicted octanol–water partition coefficient (Wildman–Crippen LogP) is 3.08. The van der Waals surface area contributed by atoms with Crippen LogP contribution >= 0.6 is 0 Å². The van der Waals surface area contributed by atoms with Crippen LogP contribution in [0.3, 0.4) is 0 Å². The zero-order valence-corrected chi connectivity index (χ0v) is 17.0. The van der Waals surface area contributed by atoms with Gasteiger partial charge in [-0.15, -0.1) is 0 Å². The van der Waals surface area contributed by atoms with Crippen molar-refractivity contribution in [3.63, 3.8) is 0 Å². The van der Waals surface area contributed by atoms with E-state index >= 15 is 0 Å². The van der Waals surface area contributed by atoms with Gasteiger partial charge in [-0.2, -0.15) is 0 Å². The lowest BCUT2D eigenvalue weighted by Crippen LogP contribution is -2.36. The minimum atomic E-state index is -0.300. The summed E-state index contributed by atoms with van der Waals surface area (Å²) in [7, 11) is 0. The molecule has 3 heterocycles. The molecule has 2 N–H and O–H groups in total. The van der Waals surface area contributed by atoms with Crippen molar-refractivity contribution in [2.24, 2.45) is 0 Å². The van der Waals surface area contributed by atoms with E-state index in [0.29, 0.717) is 23.2 Å². The van der Waals surface area contributed by atoms with E-state index in [9.17, 15) is 9.59 Å². The molecule has 7 heteroatoms. The fourth-order valence-electron chi connectivity index (χ4n) is 4.22. The summed E-state index contributed by atoms with van der Waals surface area (Å²) in [6.45, 7) is 4.54. The third-order valence-corrected chi connectivity index (χ3v) is 5.83. The molecule has 1 fully saturated rings. The Kier molecular flexibility index (Phi) is 5.22. The van der Waals surface area contributed by atoms with Crippen molar-refractivity contribution < 1.29 is 4.79 Å². The number of amides is 1. The van der Waals surface area contributed by atoms with Gasteiger partial charge in [0, 0.05) is 18.8 Å². The van der Waals surface area contributed by atoms with Crippen LogP contribution in [0.4, 0.5) is 0 Å². The van der Waals surface area contributed by atoms with Gasteiger partial charge >= 0.3 is 0 Å². The van der Waals surface area contributed by atoms with Crippen LogP contribution in [0.5, 0.6) is 0 Å². The highest BCUT2D eigenvalue weighted by molar-refractivity contribution is 5.96. The van der Waals surface area contributed by atoms with E-state index in [1.54, 1.807) is 12.3 Å². The Labute approximate surface area is 168 Å². The highest BCUT2D eigenvalue weighted by atomic mass is 16.1. The first kappa shape index (κ1) is 19.4. The number of nitrogens with zero attached hydrogens (tertiary/aromatic N) is 3. The minimum Gasteiger partial charge on any atom is -0.352 e. The Bertz CT molecular complexity index is 1200. The van der Waals surface area contributed by atoms with Gasteiger partial charge in [0.15, 0.2) is 0 Å². The largest absolute Gasteiger partial charge is 0.352 e. The molecule has 3 aromatic heterocycles. The predicted molar refractivity (Wildman–Crippen MR) is 112 cm³/mol. The average Bonchev–Trinajstić information content (AvgIpc) is 3.23. The lowest BCUT2D eigenvalue weighted by Gasteiger charge is -2.20. The summed E-state index contributed by atoms with van der Waals surface area (Å²) >= 11 is 0. The Morgan fingerprint density at radius 1 is 1.31 bits per heavy atom. The van der Waals surface area contributed by atoms with Gasteiger partial charge < -0.3 is 9.88 Å². The van der Waals surface area contributed by atoms with Crippen molar-refractivity contribution in [2.45, 2.75) is 58.4 Å². The van der Waals surface area contributed by atoms with Gasteiger partial charge in [-0.05, 0) is 43.9 Å². The van der Waals surface area contributed by atoms with Crippen molar-refractivity contribution in [1.82, 2.24) is 19.3 Å². The van der Waals surface area contributed by atoms with E-state index in [-0.39, 0.29) is 28.6 Å². The van der Waals surface area contributed by atoms with Crippen LogP contribution in [0.1, 0.15) is 67.4 Å². The molecule has 0 aliphatic heterocycles. The Morgan fingerprint density at radius 3 is 2.79 bits per heavy atom. The number of hydrogen-bond donors (Lipinski definition) is 2. The summed E-state index contributed by atoms with van der Waals surface area (Å²) in [6.07, 6.45) is 7.58. The Hall–Kier alpha value is -2.96. The molecule has 1 amide bonds. The van der Waals surface area contributed by atoms with E-state index in [2.05, 4.69) is 12.2 Å². The lowest BCUT2D eigenvalue weighted by atomic mass is 10.1. The molecule has 0 radical (unpaired) electrons. The fourth-order valence-corrected chi connectivity index (χ4v) is 4.22. The summed E-state index contributed by atoms with van der Waals surface area (Å²) in [5.41, 5.74) is 2.18. The van der Waals surface area contributed by atoms with Gasteiger partial charge in [-0.1, -0.05) is 32.3 Å². The minimum absolute atomic E-state index is 0.0896. The molecular formula is C22H27N5O2. The summed E-state index contributed by atoms with van der Waals surface area (Å²) in [5.74, 6) is -0.300. The molecule has 7 nitrogen and oxygen atoms in total. The maximum absolute atomic E-state index is 13.3. The molecule has 1 aliphatic carbocycles. The first-order valence-electron chi connectivity index (χ1n) is 10.4. The van der Waals surface area contributed by atoms with E-state index < -0.39 is 0 Å². The normalized spacial score (nSPS) is 14.7. The van der Waals surface area contributed by atoms with Gasteiger partial charge in [0.05, 0.1) is 10.9 Å². The van der Waals surface area contributed by atoms with Gasteiger partial charge in [-0.25, -0.2) is 4.98 Å². The maximum Gasteiger partial charge on any atom is 0.267 e. The van der Waals surface area contributed by atoms with E-state index in [1.807, 2.05) is 23.6 Å². The smallest absolute Gasteiger partial charge is 0.267 e. The summed E-state index contributed by atoms with van der Waals surface area (Å²) in [4.78, 5) is 30.9. The van der Waals surface area contributed by atoms with Crippen LogP contribution < -0.4 is 16.4 Å². The summed E-state index contributed by atoms with van der Waals surface area (Å²) in [5, 5.41) is 12.1. The van der Waals surface area contributed by atoms with Crippen molar-refractivity contribution in [2.75, 3.05) is 6.54 Å². The molecule has 0 spiro atoms. The summed E-state index contributed by atoms with van der Waals surface area (Å²) in [6, 6.07) is 5.38. The number of pyridine rings is 2. The second kappa shape index (κ2) is 7.81. The number of nitrogens with one attached hydrogen (secondary N) is 2. The molecule has 3 aromatic rings. The number of carbonyl (C=O) groups excluding carboxylic acids is 1. The van der Waals surface area contributed by atoms with E-state index in [1.165, 1.54) is 4.40 Å². The van der Waals surface area contributed by atoms with Crippen molar-refractivity contribution in [3.8, 4) is 0 Å². The molecule has 0 aromatic carbocycles. The zero-order chi connectivity index (χ0) is 20.5. The number of unbranched alkanes of at least 4 members (excludes halogenated alkanes) is 1. The molecule has 152 valence electrons. The third-order valence-electron chi connectivity index (χ3n) is 5.83. The second-order valence-electron chi connectivity index (χ2n) is 7.86. The number of aromatic nitrogens is 3. The number of hydrogen-bond acceptors (Lipinski definition) is 4. The fraction of sp³-hybridized carbons (Fsp3) is 0.455. The summed E-state index contributed by atoms with van der Waals surface area (Å²) < 4.78 is 3.35. The monoisotopic (exact) mass is 393 g/mol. The Morgan fingerprint density at radius 2 is 2.07 bits per heavy atom. The SMILES string of the molecule is CCCCNC(=O)c1cc2c(=O)n3cccc(C)c3nc2n(C2CCCC2)c1=N. The molecule has 1 aliphatic rings. The van der Waals surface area contributed by atoms with Crippen molar-refractivity contribution in [1.29, 1.82) is 5.41 Å². The molecule has 0 atom stereocenters. The van der Waals surface area contributed by atoms with Gasteiger partial charge in [0.2, 0.25) is 0 Å². The standard InChI is InChI=1S/C22H27N5O2/c1-3-4-11-24-21(28)16-13-17-20(27(18(16)23)15-9-5-6-10-15)25-19-14(2)8-7-12-26(19)22(17)29/h7-8,12-13,15,23H,3-6,9-11H2,1-2H3,(H,24,28). The molecular weight excluding hydrogens is 366 g/mol. The molecule has 0 bridgehead atoms. The average molecular weight is 393 g/mol. The van der Waals surface area contributed by atoms with E-state index in [0.717, 1.165) is 44.1 Å². The van der Waals surface area contributed by atoms with Crippen LogP contribution in [-0.2, 0) is 0 Å². The topological polar surface area (TPSA) is 92.2 Å². The Balaban J connectivity index is 2.01. The van der Waals surface area contributed by atoms with Gasteiger partial charge in [-0.3, -0.25) is 19.4 Å². The first-order chi connectivity index (χ1) is 14.0. The van der Waals surface area contributed by atoms with E-state index in [4.69, 9.17) is 10.4 Å². The number of carbonyl (C=O) groups is 1. The molecule has 0 unspecified atom stereocenters. The van der Waals surface area contributed by atoms with Crippen LogP contribution in [0.25, 0.3) is 16.7 Å². The van der Waals surface area contributed by atoms with Crippen molar-refractivity contribution >= 4 is 22.6 Å². The number of fused-ring (bicyclic) bond motifs is 2. The van der Waals surface area contributed by atoms with Crippen LogP contribution in [-0.4, -0.2) is 26.4 Å². The highest BCUT2D eigenvalue weighted by Gasteiger charge is 2.24. The first-order valence-corrected chi connectivity index (χ1v) is 10.4. The van der Waals surface area contributed by atoms with Crippen molar-refractivity contribution in [3.05, 3.63) is 51.4 Å². The number of rotatable bonds is 5. The number of aryl methyl sites for hydroxylation is 1. The second-order valence-corrected chi connectivity index (χ2v) is 7.86. The zero-order valence-electron chi connectivity index (χ0n) is 17.0. The molecule has 4 rings (SSSR count). The lowest BCUT2D eigenvalue weighted by molar-refractivity contribution is 0.0950. The molecule has 1 saturated carbocycles. The third kappa shape index (κ3) is 3.34. The van der Waals surface area contributed by atoms with Crippen LogP contribution in [0.2, 0.25) is 0 Å². The van der Waals surface area contributed by atoms with Crippen LogP contribution in [0, 0.1) is 12.3 Å². The molecule has 29 heavy (non-hydrogen) atoms.